The van der Waals surface area contributed by atoms with E-state index in [9.17, 15) is 4.79 Å². The van der Waals surface area contributed by atoms with Gasteiger partial charge in [-0.25, -0.2) is 0 Å². The van der Waals surface area contributed by atoms with E-state index >= 15 is 0 Å². The predicted octanol–water partition coefficient (Wildman–Crippen LogP) is 1.17. The van der Waals surface area contributed by atoms with Crippen molar-refractivity contribution in [3.05, 3.63) is 24.3 Å². The van der Waals surface area contributed by atoms with Gasteiger partial charge in [0.25, 0.3) is 0 Å². The minimum Gasteiger partial charge on any atom is -0.493 e. The van der Waals surface area contributed by atoms with Crippen molar-refractivity contribution in [1.29, 1.82) is 0 Å². The third kappa shape index (κ3) is 5.81. The predicted molar refractivity (Wildman–Crippen MR) is 77.3 cm³/mol. The van der Waals surface area contributed by atoms with Crippen molar-refractivity contribution in [3.8, 4) is 11.5 Å². The van der Waals surface area contributed by atoms with Gasteiger partial charge in [-0.05, 0) is 19.2 Å². The zero-order valence-electron chi connectivity index (χ0n) is 11.5. The van der Waals surface area contributed by atoms with Crippen molar-refractivity contribution >= 4 is 18.3 Å². The van der Waals surface area contributed by atoms with Crippen molar-refractivity contribution in [2.75, 3.05) is 40.9 Å². The average Bonchev–Trinajstić information content (AvgIpc) is 2.39. The molecule has 6 heteroatoms. The van der Waals surface area contributed by atoms with Crippen LogP contribution in [-0.4, -0.2) is 51.7 Å². The van der Waals surface area contributed by atoms with Gasteiger partial charge in [-0.15, -0.1) is 12.4 Å². The van der Waals surface area contributed by atoms with Crippen molar-refractivity contribution in [2.45, 2.75) is 0 Å². The molecule has 0 aliphatic rings. The highest BCUT2D eigenvalue weighted by Crippen LogP contribution is 2.25. The summed E-state index contributed by atoms with van der Waals surface area (Å²) in [6.07, 6.45) is 0. The molecule has 1 aromatic rings. The molecule has 5 nitrogen and oxygen atoms in total. The highest BCUT2D eigenvalue weighted by Gasteiger charge is 2.08. The molecular weight excluding hydrogens is 268 g/mol. The Labute approximate surface area is 120 Å². The molecule has 1 N–H and O–H groups in total. The summed E-state index contributed by atoms with van der Waals surface area (Å²) in [6.45, 7) is 1.32. The summed E-state index contributed by atoms with van der Waals surface area (Å²) in [7, 11) is 5.10. The average molecular weight is 289 g/mol. The molecule has 0 unspecified atom stereocenters. The Bertz CT molecular complexity index is 388. The normalized spacial score (nSPS) is 9.42. The number of likely N-dealkylation sites (N-methyl/N-ethyl adjacent to an activating group) is 2. The van der Waals surface area contributed by atoms with Gasteiger partial charge < -0.3 is 19.7 Å². The van der Waals surface area contributed by atoms with E-state index in [0.717, 1.165) is 0 Å². The van der Waals surface area contributed by atoms with Crippen LogP contribution in [0.3, 0.4) is 0 Å². The molecule has 1 rings (SSSR count). The molecule has 0 radical (unpaired) electrons. The first-order valence-electron chi connectivity index (χ1n) is 5.83. The van der Waals surface area contributed by atoms with Gasteiger partial charge in [0.05, 0.1) is 20.2 Å². The fourth-order valence-electron chi connectivity index (χ4n) is 1.44. The van der Waals surface area contributed by atoms with Crippen LogP contribution in [0, 0.1) is 0 Å². The largest absolute Gasteiger partial charge is 0.493 e. The molecule has 0 heterocycles. The van der Waals surface area contributed by atoms with E-state index in [2.05, 4.69) is 5.32 Å². The Morgan fingerprint density at radius 1 is 1.32 bits per heavy atom. The first-order valence-corrected chi connectivity index (χ1v) is 5.83. The molecular formula is C13H21ClN2O3. The van der Waals surface area contributed by atoms with Crippen molar-refractivity contribution < 1.29 is 14.3 Å². The summed E-state index contributed by atoms with van der Waals surface area (Å²) in [5.74, 6) is 1.43. The number of halogens is 1. The number of ether oxygens (including phenoxy) is 2. The van der Waals surface area contributed by atoms with Gasteiger partial charge in [-0.2, -0.15) is 0 Å². The Hall–Kier alpha value is -1.46. The lowest BCUT2D eigenvalue weighted by atomic mass is 10.3. The highest BCUT2D eigenvalue weighted by molar-refractivity contribution is 5.85. The summed E-state index contributed by atoms with van der Waals surface area (Å²) in [4.78, 5) is 13.1. The van der Waals surface area contributed by atoms with Crippen LogP contribution in [0.2, 0.25) is 0 Å². The minimum absolute atomic E-state index is 0. The van der Waals surface area contributed by atoms with Gasteiger partial charge in [0, 0.05) is 7.05 Å². The SMILES string of the molecule is CNCC(=O)N(C)CCOc1ccccc1OC.Cl. The van der Waals surface area contributed by atoms with Crippen LogP contribution in [0.5, 0.6) is 11.5 Å². The fraction of sp³-hybridized carbons (Fsp3) is 0.462. The zero-order valence-corrected chi connectivity index (χ0v) is 12.3. The molecule has 1 aromatic carbocycles. The number of nitrogens with one attached hydrogen (secondary N) is 1. The zero-order chi connectivity index (χ0) is 13.4. The fourth-order valence-corrected chi connectivity index (χ4v) is 1.44. The van der Waals surface area contributed by atoms with Gasteiger partial charge in [-0.3, -0.25) is 4.79 Å². The van der Waals surface area contributed by atoms with Crippen LogP contribution in [0.4, 0.5) is 0 Å². The first-order chi connectivity index (χ1) is 8.69. The molecule has 0 saturated heterocycles. The lowest BCUT2D eigenvalue weighted by Crippen LogP contribution is -2.36. The van der Waals surface area contributed by atoms with Crippen molar-refractivity contribution in [1.82, 2.24) is 10.2 Å². The maximum atomic E-state index is 11.5. The number of carbonyl (C=O) groups is 1. The van der Waals surface area contributed by atoms with Gasteiger partial charge in [0.15, 0.2) is 11.5 Å². The van der Waals surface area contributed by atoms with E-state index in [1.54, 1.807) is 26.1 Å². The molecule has 0 aliphatic heterocycles. The van der Waals surface area contributed by atoms with Crippen LogP contribution < -0.4 is 14.8 Å². The third-order valence-electron chi connectivity index (χ3n) is 2.51. The second kappa shape index (κ2) is 9.47. The van der Waals surface area contributed by atoms with E-state index in [1.807, 2.05) is 24.3 Å². The smallest absolute Gasteiger partial charge is 0.236 e. The molecule has 0 saturated carbocycles. The van der Waals surface area contributed by atoms with E-state index in [4.69, 9.17) is 9.47 Å². The Morgan fingerprint density at radius 3 is 2.53 bits per heavy atom. The molecule has 19 heavy (non-hydrogen) atoms. The van der Waals surface area contributed by atoms with Gasteiger partial charge in [0.2, 0.25) is 5.91 Å². The number of rotatable bonds is 7. The van der Waals surface area contributed by atoms with E-state index in [-0.39, 0.29) is 18.3 Å². The lowest BCUT2D eigenvalue weighted by molar-refractivity contribution is -0.129. The number of para-hydroxylation sites is 2. The van der Waals surface area contributed by atoms with Crippen molar-refractivity contribution in [2.24, 2.45) is 0 Å². The Balaban J connectivity index is 0.00000324. The van der Waals surface area contributed by atoms with Crippen molar-refractivity contribution in [3.63, 3.8) is 0 Å². The second-order valence-electron chi connectivity index (χ2n) is 3.84. The number of amides is 1. The molecule has 0 aliphatic carbocycles. The number of carbonyl (C=O) groups excluding carboxylic acids is 1. The van der Waals surface area contributed by atoms with Crippen LogP contribution in [0.25, 0.3) is 0 Å². The monoisotopic (exact) mass is 288 g/mol. The molecule has 108 valence electrons. The number of hydrogen-bond donors (Lipinski definition) is 1. The molecule has 1 amide bonds. The highest BCUT2D eigenvalue weighted by atomic mass is 35.5. The number of hydrogen-bond acceptors (Lipinski definition) is 4. The Kier molecular flexibility index (Phi) is 8.74. The van der Waals surface area contributed by atoms with E-state index in [1.165, 1.54) is 0 Å². The molecule has 0 spiro atoms. The first kappa shape index (κ1) is 17.5. The van der Waals surface area contributed by atoms with E-state index < -0.39 is 0 Å². The van der Waals surface area contributed by atoms with Gasteiger partial charge in [-0.1, -0.05) is 12.1 Å². The van der Waals surface area contributed by atoms with Gasteiger partial charge >= 0.3 is 0 Å². The minimum atomic E-state index is 0. The number of nitrogens with zero attached hydrogens (tertiary/aromatic N) is 1. The molecule has 0 aromatic heterocycles. The third-order valence-corrected chi connectivity index (χ3v) is 2.51. The van der Waals surface area contributed by atoms with Crippen LogP contribution in [0.15, 0.2) is 24.3 Å². The van der Waals surface area contributed by atoms with E-state index in [0.29, 0.717) is 31.2 Å². The summed E-state index contributed by atoms with van der Waals surface area (Å²) in [5.41, 5.74) is 0. The van der Waals surface area contributed by atoms with Crippen LogP contribution >= 0.6 is 12.4 Å². The van der Waals surface area contributed by atoms with Gasteiger partial charge in [0.1, 0.15) is 6.61 Å². The number of benzene rings is 1. The van der Waals surface area contributed by atoms with Crippen LogP contribution in [0.1, 0.15) is 0 Å². The Morgan fingerprint density at radius 2 is 1.95 bits per heavy atom. The maximum absolute atomic E-state index is 11.5. The second-order valence-corrected chi connectivity index (χ2v) is 3.84. The standard InChI is InChI=1S/C13H20N2O3.ClH/c1-14-10-13(16)15(2)8-9-18-12-7-5-4-6-11(12)17-3;/h4-7,14H,8-10H2,1-3H3;1H. The van der Waals surface area contributed by atoms with Crippen LogP contribution in [-0.2, 0) is 4.79 Å². The summed E-state index contributed by atoms with van der Waals surface area (Å²) in [6, 6.07) is 7.45. The summed E-state index contributed by atoms with van der Waals surface area (Å²) < 4.78 is 10.8. The summed E-state index contributed by atoms with van der Waals surface area (Å²) in [5, 5.41) is 2.82. The topological polar surface area (TPSA) is 50.8 Å². The maximum Gasteiger partial charge on any atom is 0.236 e. The molecule has 0 atom stereocenters. The molecule has 0 fully saturated rings. The quantitative estimate of drug-likeness (QED) is 0.818. The summed E-state index contributed by atoms with van der Waals surface area (Å²) >= 11 is 0. The number of methoxy groups -OCH3 is 1. The lowest BCUT2D eigenvalue weighted by Gasteiger charge is -2.17. The molecule has 0 bridgehead atoms.